The van der Waals surface area contributed by atoms with E-state index in [1.807, 2.05) is 0 Å². The summed E-state index contributed by atoms with van der Waals surface area (Å²) in [4.78, 5) is 22.0. The fourth-order valence-electron chi connectivity index (χ4n) is 1.80. The van der Waals surface area contributed by atoms with Crippen molar-refractivity contribution < 1.29 is 18.1 Å². The maximum absolute atomic E-state index is 12.0. The van der Waals surface area contributed by atoms with Gasteiger partial charge < -0.3 is 5.32 Å². The third-order valence-electron chi connectivity index (χ3n) is 3.01. The smallest absolute Gasteiger partial charge is 0.269 e. The van der Waals surface area contributed by atoms with Crippen molar-refractivity contribution in [1.29, 1.82) is 0 Å². The lowest BCUT2D eigenvalue weighted by molar-refractivity contribution is -0.384. The number of nitrogens with zero attached hydrogens (tertiary/aromatic N) is 1. The van der Waals surface area contributed by atoms with E-state index in [-0.39, 0.29) is 21.3 Å². The molecule has 25 heavy (non-hydrogen) atoms. The van der Waals surface area contributed by atoms with E-state index in [9.17, 15) is 23.3 Å². The minimum Gasteiger partial charge on any atom is -0.332 e. The normalized spacial score (nSPS) is 10.8. The molecule has 0 saturated carbocycles. The van der Waals surface area contributed by atoms with Gasteiger partial charge in [0, 0.05) is 23.4 Å². The molecule has 11 heteroatoms. The fourth-order valence-corrected chi connectivity index (χ4v) is 2.53. The Labute approximate surface area is 148 Å². The summed E-state index contributed by atoms with van der Waals surface area (Å²) in [5.41, 5.74) is 0.507. The molecule has 130 valence electrons. The maximum atomic E-state index is 12.0. The lowest BCUT2D eigenvalue weighted by Gasteiger charge is -2.10. The van der Waals surface area contributed by atoms with Gasteiger partial charge in [0.2, 0.25) is 10.0 Å². The first-order valence-electron chi connectivity index (χ1n) is 6.66. The standard InChI is InChI=1S/C14H12N4O5S2/c15-25(22,23)12-7-3-10(4-8-12)16-14(24)17-13(19)9-1-5-11(6-2-9)18(20)21/h1-8H,(H2,15,22,23)(H2,16,17,19,24). The zero-order valence-corrected chi connectivity index (χ0v) is 14.1. The van der Waals surface area contributed by atoms with Gasteiger partial charge in [-0.1, -0.05) is 0 Å². The fraction of sp³-hybridized carbons (Fsp3) is 0. The highest BCUT2D eigenvalue weighted by atomic mass is 32.2. The van der Waals surface area contributed by atoms with Gasteiger partial charge >= 0.3 is 0 Å². The lowest BCUT2D eigenvalue weighted by atomic mass is 10.2. The van der Waals surface area contributed by atoms with E-state index in [2.05, 4.69) is 10.6 Å². The number of hydrogen-bond donors (Lipinski definition) is 3. The second-order valence-electron chi connectivity index (χ2n) is 4.78. The molecule has 9 nitrogen and oxygen atoms in total. The van der Waals surface area contributed by atoms with E-state index < -0.39 is 20.9 Å². The molecule has 0 aliphatic carbocycles. The number of anilines is 1. The molecule has 0 atom stereocenters. The molecule has 0 aliphatic rings. The number of primary sulfonamides is 1. The number of carbonyl (C=O) groups excluding carboxylic acids is 1. The van der Waals surface area contributed by atoms with Crippen LogP contribution in [0.25, 0.3) is 0 Å². The van der Waals surface area contributed by atoms with E-state index in [0.717, 1.165) is 0 Å². The zero-order valence-electron chi connectivity index (χ0n) is 12.5. The molecule has 0 spiro atoms. The van der Waals surface area contributed by atoms with Crippen molar-refractivity contribution in [3.05, 3.63) is 64.2 Å². The van der Waals surface area contributed by atoms with Crippen molar-refractivity contribution in [3.8, 4) is 0 Å². The summed E-state index contributed by atoms with van der Waals surface area (Å²) < 4.78 is 22.3. The van der Waals surface area contributed by atoms with Crippen LogP contribution in [0.3, 0.4) is 0 Å². The molecule has 0 aliphatic heterocycles. The van der Waals surface area contributed by atoms with Gasteiger partial charge in [0.1, 0.15) is 0 Å². The quantitative estimate of drug-likeness (QED) is 0.413. The molecule has 0 saturated heterocycles. The molecule has 1 amide bonds. The highest BCUT2D eigenvalue weighted by molar-refractivity contribution is 7.89. The minimum absolute atomic E-state index is 0.0216. The van der Waals surface area contributed by atoms with E-state index in [4.69, 9.17) is 17.4 Å². The number of non-ortho nitro benzene ring substituents is 1. The van der Waals surface area contributed by atoms with Gasteiger partial charge in [0.25, 0.3) is 11.6 Å². The number of nitro groups is 1. The highest BCUT2D eigenvalue weighted by Crippen LogP contribution is 2.13. The summed E-state index contributed by atoms with van der Waals surface area (Å²) >= 11 is 4.99. The second kappa shape index (κ2) is 7.34. The first-order valence-corrected chi connectivity index (χ1v) is 8.62. The predicted octanol–water partition coefficient (Wildman–Crippen LogP) is 1.37. The van der Waals surface area contributed by atoms with Crippen molar-refractivity contribution >= 4 is 44.6 Å². The number of amides is 1. The number of nitrogens with one attached hydrogen (secondary N) is 2. The Morgan fingerprint density at radius 3 is 2.12 bits per heavy atom. The Kier molecular flexibility index (Phi) is 5.41. The van der Waals surface area contributed by atoms with E-state index in [0.29, 0.717) is 5.69 Å². The van der Waals surface area contributed by atoms with Gasteiger partial charge in [-0.3, -0.25) is 20.2 Å². The minimum atomic E-state index is -3.79. The molecule has 0 aromatic heterocycles. The third kappa shape index (κ3) is 5.04. The topological polar surface area (TPSA) is 144 Å². The third-order valence-corrected chi connectivity index (χ3v) is 4.14. The average Bonchev–Trinajstić information content (AvgIpc) is 2.54. The summed E-state index contributed by atoms with van der Waals surface area (Å²) in [6, 6.07) is 10.5. The molecule has 4 N–H and O–H groups in total. The van der Waals surface area contributed by atoms with Crippen LogP contribution in [0.15, 0.2) is 53.4 Å². The van der Waals surface area contributed by atoms with Crippen molar-refractivity contribution in [3.63, 3.8) is 0 Å². The number of sulfonamides is 1. The first-order chi connectivity index (χ1) is 11.7. The molecule has 0 unspecified atom stereocenters. The van der Waals surface area contributed by atoms with Crippen molar-refractivity contribution in [2.45, 2.75) is 4.90 Å². The molecule has 0 heterocycles. The SMILES string of the molecule is NS(=O)(=O)c1ccc(NC(=S)NC(=O)c2ccc([N+](=O)[O-])cc2)cc1. The van der Waals surface area contributed by atoms with Gasteiger partial charge in [0.05, 0.1) is 9.82 Å². The van der Waals surface area contributed by atoms with Crippen LogP contribution in [-0.2, 0) is 10.0 Å². The molecule has 0 bridgehead atoms. The summed E-state index contributed by atoms with van der Waals surface area (Å²) in [5.74, 6) is -0.548. The molecular weight excluding hydrogens is 368 g/mol. The van der Waals surface area contributed by atoms with Crippen LogP contribution in [0.5, 0.6) is 0 Å². The zero-order chi connectivity index (χ0) is 18.6. The second-order valence-corrected chi connectivity index (χ2v) is 6.75. The Morgan fingerprint density at radius 2 is 1.64 bits per heavy atom. The number of thiocarbonyl (C=S) groups is 1. The Hall–Kier alpha value is -2.89. The van der Waals surface area contributed by atoms with Crippen LogP contribution in [0, 0.1) is 10.1 Å². The van der Waals surface area contributed by atoms with Gasteiger partial charge in [-0.15, -0.1) is 0 Å². The van der Waals surface area contributed by atoms with Gasteiger partial charge in [-0.25, -0.2) is 13.6 Å². The van der Waals surface area contributed by atoms with Crippen LogP contribution in [0.4, 0.5) is 11.4 Å². The molecule has 2 rings (SSSR count). The molecule has 2 aromatic carbocycles. The van der Waals surface area contributed by atoms with E-state index in [1.165, 1.54) is 48.5 Å². The molecule has 2 aromatic rings. The van der Waals surface area contributed by atoms with Crippen molar-refractivity contribution in [2.75, 3.05) is 5.32 Å². The van der Waals surface area contributed by atoms with E-state index >= 15 is 0 Å². The predicted molar refractivity (Wildman–Crippen MR) is 94.6 cm³/mol. The summed E-state index contributed by atoms with van der Waals surface area (Å²) in [6.45, 7) is 0. The number of benzene rings is 2. The lowest BCUT2D eigenvalue weighted by Crippen LogP contribution is -2.34. The van der Waals surface area contributed by atoms with Crippen LogP contribution < -0.4 is 15.8 Å². The Morgan fingerprint density at radius 1 is 1.08 bits per heavy atom. The molecule has 0 radical (unpaired) electrons. The molecular formula is C14H12N4O5S2. The summed E-state index contributed by atoms with van der Waals surface area (Å²) in [6.07, 6.45) is 0. The first kappa shape index (κ1) is 18.4. The molecule has 0 fully saturated rings. The van der Waals surface area contributed by atoms with Crippen LogP contribution >= 0.6 is 12.2 Å². The number of nitrogens with two attached hydrogens (primary N) is 1. The average molecular weight is 380 g/mol. The van der Waals surface area contributed by atoms with Gasteiger partial charge in [-0.2, -0.15) is 0 Å². The van der Waals surface area contributed by atoms with Gasteiger partial charge in [0.15, 0.2) is 5.11 Å². The van der Waals surface area contributed by atoms with E-state index in [1.54, 1.807) is 0 Å². The monoisotopic (exact) mass is 380 g/mol. The van der Waals surface area contributed by atoms with Crippen LogP contribution in [-0.4, -0.2) is 24.4 Å². The van der Waals surface area contributed by atoms with Crippen molar-refractivity contribution in [2.24, 2.45) is 5.14 Å². The number of rotatable bonds is 4. The number of nitro benzene ring substituents is 1. The largest absolute Gasteiger partial charge is 0.332 e. The highest BCUT2D eigenvalue weighted by Gasteiger charge is 2.11. The van der Waals surface area contributed by atoms with Crippen LogP contribution in [0.1, 0.15) is 10.4 Å². The van der Waals surface area contributed by atoms with Crippen molar-refractivity contribution in [1.82, 2.24) is 5.32 Å². The Balaban J connectivity index is 1.99. The maximum Gasteiger partial charge on any atom is 0.269 e. The Bertz CT molecular complexity index is 925. The summed E-state index contributed by atoms with van der Waals surface area (Å²) in [5, 5.41) is 20.7. The van der Waals surface area contributed by atoms with Crippen LogP contribution in [0.2, 0.25) is 0 Å². The number of carbonyl (C=O) groups is 1. The summed E-state index contributed by atoms with van der Waals surface area (Å²) in [7, 11) is -3.79. The van der Waals surface area contributed by atoms with Gasteiger partial charge in [-0.05, 0) is 48.6 Å². The number of hydrogen-bond acceptors (Lipinski definition) is 6.